The molecule has 0 radical (unpaired) electrons. The second kappa shape index (κ2) is 8.45. The van der Waals surface area contributed by atoms with Crippen molar-refractivity contribution in [3.05, 3.63) is 95.1 Å². The number of hydrogen-bond donors (Lipinski definition) is 0. The van der Waals surface area contributed by atoms with Gasteiger partial charge in [-0.15, -0.1) is 0 Å². The summed E-state index contributed by atoms with van der Waals surface area (Å²) in [7, 11) is 0. The van der Waals surface area contributed by atoms with Crippen molar-refractivity contribution in [1.29, 1.82) is 0 Å². The van der Waals surface area contributed by atoms with Gasteiger partial charge < -0.3 is 0 Å². The highest BCUT2D eigenvalue weighted by molar-refractivity contribution is 5.27. The van der Waals surface area contributed by atoms with Gasteiger partial charge in [0, 0.05) is 43.0 Å². The zero-order chi connectivity index (χ0) is 18.5. The predicted octanol–water partition coefficient (Wildman–Crippen LogP) is 4.76. The number of pyridine rings is 2. The minimum atomic E-state index is 0.514. The molecule has 3 nitrogen and oxygen atoms in total. The molecule has 1 saturated heterocycles. The lowest BCUT2D eigenvalue weighted by atomic mass is 9.93. The summed E-state index contributed by atoms with van der Waals surface area (Å²) in [6.07, 6.45) is 5.23. The average Bonchev–Trinajstić information content (AvgIpc) is 2.69. The van der Waals surface area contributed by atoms with Gasteiger partial charge in [0.15, 0.2) is 0 Å². The Hall–Kier alpha value is -2.52. The molecule has 1 unspecified atom stereocenters. The summed E-state index contributed by atoms with van der Waals surface area (Å²) in [5.74, 6) is 0.514. The number of aryl methyl sites for hydroxylation is 1. The zero-order valence-electron chi connectivity index (χ0n) is 16.0. The van der Waals surface area contributed by atoms with E-state index in [1.54, 1.807) is 0 Å². The summed E-state index contributed by atoms with van der Waals surface area (Å²) in [5, 5.41) is 0. The Balaban J connectivity index is 1.44. The van der Waals surface area contributed by atoms with Crippen molar-refractivity contribution in [2.24, 2.45) is 0 Å². The van der Waals surface area contributed by atoms with Crippen molar-refractivity contribution in [1.82, 2.24) is 14.9 Å². The Morgan fingerprint density at radius 1 is 1.00 bits per heavy atom. The van der Waals surface area contributed by atoms with E-state index < -0.39 is 0 Å². The van der Waals surface area contributed by atoms with Crippen molar-refractivity contribution in [2.45, 2.75) is 38.6 Å². The van der Waals surface area contributed by atoms with Crippen molar-refractivity contribution in [3.8, 4) is 0 Å². The molecule has 3 heterocycles. The van der Waals surface area contributed by atoms with Crippen molar-refractivity contribution in [3.63, 3.8) is 0 Å². The van der Waals surface area contributed by atoms with E-state index in [-0.39, 0.29) is 0 Å². The predicted molar refractivity (Wildman–Crippen MR) is 110 cm³/mol. The fraction of sp³-hybridized carbons (Fsp3) is 0.333. The van der Waals surface area contributed by atoms with Gasteiger partial charge in [0.05, 0.1) is 5.69 Å². The Morgan fingerprint density at radius 2 is 1.89 bits per heavy atom. The standard InChI is InChI=1S/C24H27N3/c1-19-7-4-8-20(15-19)16-22-11-5-12-24(26-22)21-9-6-14-27(17-21)18-23-10-2-3-13-25-23/h2-5,7-8,10-13,15,21H,6,9,14,16-18H2,1H3. The first-order chi connectivity index (χ1) is 13.3. The summed E-state index contributed by atoms with van der Waals surface area (Å²) in [5.41, 5.74) is 6.20. The van der Waals surface area contributed by atoms with Gasteiger partial charge in [0.2, 0.25) is 0 Å². The SMILES string of the molecule is Cc1cccc(Cc2cccc(C3CCCN(Cc4ccccn4)C3)n2)c1. The largest absolute Gasteiger partial charge is 0.297 e. The van der Waals surface area contributed by atoms with Crippen LogP contribution in [0.2, 0.25) is 0 Å². The topological polar surface area (TPSA) is 29.0 Å². The van der Waals surface area contributed by atoms with Crippen LogP contribution in [0, 0.1) is 6.92 Å². The third-order valence-corrected chi connectivity index (χ3v) is 5.33. The van der Waals surface area contributed by atoms with Crippen molar-refractivity contribution >= 4 is 0 Å². The number of hydrogen-bond acceptors (Lipinski definition) is 3. The van der Waals surface area contributed by atoms with Crippen LogP contribution in [0.15, 0.2) is 66.9 Å². The molecule has 0 amide bonds. The summed E-state index contributed by atoms with van der Waals surface area (Å²) in [6.45, 7) is 5.29. The smallest absolute Gasteiger partial charge is 0.0543 e. The number of likely N-dealkylation sites (tertiary alicyclic amines) is 1. The van der Waals surface area contributed by atoms with E-state index in [1.165, 1.54) is 35.4 Å². The maximum atomic E-state index is 5.02. The second-order valence-corrected chi connectivity index (χ2v) is 7.61. The van der Waals surface area contributed by atoms with Crippen LogP contribution in [0.1, 0.15) is 47.0 Å². The molecule has 1 aliphatic heterocycles. The van der Waals surface area contributed by atoms with Crippen LogP contribution in [0.5, 0.6) is 0 Å². The van der Waals surface area contributed by atoms with Gasteiger partial charge in [-0.2, -0.15) is 0 Å². The lowest BCUT2D eigenvalue weighted by molar-refractivity contribution is 0.196. The summed E-state index contributed by atoms with van der Waals surface area (Å²) >= 11 is 0. The molecule has 0 bridgehead atoms. The van der Waals surface area contributed by atoms with Gasteiger partial charge in [-0.05, 0) is 56.1 Å². The van der Waals surface area contributed by atoms with E-state index in [0.29, 0.717) is 5.92 Å². The maximum absolute atomic E-state index is 5.02. The van der Waals surface area contributed by atoms with E-state index in [4.69, 9.17) is 4.98 Å². The molecule has 1 fully saturated rings. The lowest BCUT2D eigenvalue weighted by Crippen LogP contribution is -2.34. The van der Waals surface area contributed by atoms with E-state index in [1.807, 2.05) is 12.3 Å². The molecule has 0 saturated carbocycles. The van der Waals surface area contributed by atoms with E-state index in [0.717, 1.165) is 31.7 Å². The first kappa shape index (κ1) is 17.9. The molecular weight excluding hydrogens is 330 g/mol. The molecule has 0 aliphatic carbocycles. The first-order valence-electron chi connectivity index (χ1n) is 9.90. The Kier molecular flexibility index (Phi) is 5.59. The molecule has 4 rings (SSSR count). The number of piperidine rings is 1. The fourth-order valence-electron chi connectivity index (χ4n) is 4.02. The summed E-state index contributed by atoms with van der Waals surface area (Å²) < 4.78 is 0. The van der Waals surface area contributed by atoms with Crippen LogP contribution < -0.4 is 0 Å². The number of aromatic nitrogens is 2. The Bertz CT molecular complexity index is 876. The highest BCUT2D eigenvalue weighted by atomic mass is 15.1. The maximum Gasteiger partial charge on any atom is 0.0543 e. The van der Waals surface area contributed by atoms with Crippen molar-refractivity contribution in [2.75, 3.05) is 13.1 Å². The molecule has 138 valence electrons. The van der Waals surface area contributed by atoms with Gasteiger partial charge in [0.1, 0.15) is 0 Å². The monoisotopic (exact) mass is 357 g/mol. The molecule has 1 aromatic carbocycles. The number of benzene rings is 1. The van der Waals surface area contributed by atoms with Crippen molar-refractivity contribution < 1.29 is 0 Å². The van der Waals surface area contributed by atoms with Gasteiger partial charge >= 0.3 is 0 Å². The number of nitrogens with zero attached hydrogens (tertiary/aromatic N) is 3. The highest BCUT2D eigenvalue weighted by Crippen LogP contribution is 2.27. The molecule has 3 heteroatoms. The average molecular weight is 358 g/mol. The highest BCUT2D eigenvalue weighted by Gasteiger charge is 2.22. The molecule has 0 N–H and O–H groups in total. The molecule has 1 aliphatic rings. The van der Waals surface area contributed by atoms with E-state index >= 15 is 0 Å². The van der Waals surface area contributed by atoms with Gasteiger partial charge in [0.25, 0.3) is 0 Å². The zero-order valence-corrected chi connectivity index (χ0v) is 16.0. The third kappa shape index (κ3) is 4.81. The minimum Gasteiger partial charge on any atom is -0.297 e. The summed E-state index contributed by atoms with van der Waals surface area (Å²) in [6, 6.07) is 21.4. The molecule has 27 heavy (non-hydrogen) atoms. The molecule has 2 aromatic heterocycles. The normalized spacial score (nSPS) is 17.7. The van der Waals surface area contributed by atoms with Crippen LogP contribution in [0.4, 0.5) is 0 Å². The lowest BCUT2D eigenvalue weighted by Gasteiger charge is -2.32. The molecule has 1 atom stereocenters. The van der Waals surface area contributed by atoms with E-state index in [9.17, 15) is 0 Å². The Morgan fingerprint density at radius 3 is 2.74 bits per heavy atom. The third-order valence-electron chi connectivity index (χ3n) is 5.33. The van der Waals surface area contributed by atoms with E-state index in [2.05, 4.69) is 71.4 Å². The van der Waals surface area contributed by atoms with Crippen LogP contribution >= 0.6 is 0 Å². The first-order valence-corrected chi connectivity index (χ1v) is 9.90. The number of rotatable bonds is 5. The quantitative estimate of drug-likeness (QED) is 0.659. The van der Waals surface area contributed by atoms with Gasteiger partial charge in [-0.1, -0.05) is 42.0 Å². The van der Waals surface area contributed by atoms with Crippen LogP contribution in [0.25, 0.3) is 0 Å². The molecule has 3 aromatic rings. The molecule has 0 spiro atoms. The van der Waals surface area contributed by atoms with Gasteiger partial charge in [-0.25, -0.2) is 0 Å². The van der Waals surface area contributed by atoms with Crippen LogP contribution in [-0.2, 0) is 13.0 Å². The molecular formula is C24H27N3. The van der Waals surface area contributed by atoms with Crippen LogP contribution in [-0.4, -0.2) is 28.0 Å². The second-order valence-electron chi connectivity index (χ2n) is 7.61. The summed E-state index contributed by atoms with van der Waals surface area (Å²) in [4.78, 5) is 12.0. The minimum absolute atomic E-state index is 0.514. The fourth-order valence-corrected chi connectivity index (χ4v) is 4.02. The van der Waals surface area contributed by atoms with Crippen LogP contribution in [0.3, 0.4) is 0 Å². The Labute approximate surface area is 162 Å². The van der Waals surface area contributed by atoms with Gasteiger partial charge in [-0.3, -0.25) is 14.9 Å².